The minimum Gasteiger partial charge on any atom is -0.309 e. The number of aromatic nitrogens is 2. The Morgan fingerprint density at radius 1 is 1.26 bits per heavy atom. The van der Waals surface area contributed by atoms with Gasteiger partial charge >= 0.3 is 6.18 Å². The fraction of sp³-hybridized carbons (Fsp3) is 0.750. The first-order valence-corrected chi connectivity index (χ1v) is 6.60. The standard InChI is InChI=1S/C12H17F3N4/c13-12(14,15)11-4-10(17-18-11)7-19-5-8-2-1-3-9(6-19)16-8/h4,8-9,16H,1-3,5-7H2,(H,17,18). The third kappa shape index (κ3) is 2.92. The number of fused-ring (bicyclic) bond motifs is 2. The second-order valence-corrected chi connectivity index (χ2v) is 5.46. The highest BCUT2D eigenvalue weighted by Crippen LogP contribution is 2.28. The van der Waals surface area contributed by atoms with E-state index in [4.69, 9.17) is 0 Å². The van der Waals surface area contributed by atoms with Crippen LogP contribution in [-0.2, 0) is 12.7 Å². The Morgan fingerprint density at radius 2 is 1.95 bits per heavy atom. The molecule has 0 aliphatic carbocycles. The quantitative estimate of drug-likeness (QED) is 0.863. The summed E-state index contributed by atoms with van der Waals surface area (Å²) in [4.78, 5) is 2.21. The maximum Gasteiger partial charge on any atom is 0.435 e. The van der Waals surface area contributed by atoms with Crippen LogP contribution in [0.15, 0.2) is 6.07 Å². The second-order valence-electron chi connectivity index (χ2n) is 5.46. The summed E-state index contributed by atoms with van der Waals surface area (Å²) in [5.41, 5.74) is -0.301. The lowest BCUT2D eigenvalue weighted by Gasteiger charge is -2.42. The highest BCUT2D eigenvalue weighted by molar-refractivity contribution is 5.11. The summed E-state index contributed by atoms with van der Waals surface area (Å²) in [6.07, 6.45) is -0.805. The lowest BCUT2D eigenvalue weighted by Crippen LogP contribution is -2.58. The molecule has 2 aliphatic rings. The second kappa shape index (κ2) is 4.79. The molecule has 19 heavy (non-hydrogen) atoms. The summed E-state index contributed by atoms with van der Waals surface area (Å²) in [5, 5.41) is 9.38. The Balaban J connectivity index is 1.63. The van der Waals surface area contributed by atoms with Gasteiger partial charge in [-0.2, -0.15) is 18.3 Å². The number of hydrogen-bond acceptors (Lipinski definition) is 3. The van der Waals surface area contributed by atoms with Crippen LogP contribution in [0.4, 0.5) is 13.2 Å². The van der Waals surface area contributed by atoms with E-state index in [0.717, 1.165) is 32.0 Å². The molecule has 4 nitrogen and oxygen atoms in total. The normalized spacial score (nSPS) is 28.6. The van der Waals surface area contributed by atoms with Crippen molar-refractivity contribution < 1.29 is 13.2 Å². The number of likely N-dealkylation sites (tertiary alicyclic amines) is 1. The van der Waals surface area contributed by atoms with Crippen LogP contribution in [0.1, 0.15) is 30.7 Å². The van der Waals surface area contributed by atoms with E-state index in [2.05, 4.69) is 20.4 Å². The number of aromatic amines is 1. The van der Waals surface area contributed by atoms with Crippen LogP contribution < -0.4 is 5.32 Å². The van der Waals surface area contributed by atoms with Crippen molar-refractivity contribution in [2.45, 2.75) is 44.1 Å². The van der Waals surface area contributed by atoms with Gasteiger partial charge in [-0.25, -0.2) is 0 Å². The van der Waals surface area contributed by atoms with Crippen molar-refractivity contribution >= 4 is 0 Å². The lowest BCUT2D eigenvalue weighted by molar-refractivity contribution is -0.141. The number of alkyl halides is 3. The van der Waals surface area contributed by atoms with Crippen molar-refractivity contribution in [1.82, 2.24) is 20.4 Å². The van der Waals surface area contributed by atoms with Gasteiger partial charge in [0.25, 0.3) is 0 Å². The molecule has 0 aromatic carbocycles. The van der Waals surface area contributed by atoms with Gasteiger partial charge in [0.05, 0.1) is 0 Å². The first-order valence-electron chi connectivity index (χ1n) is 6.60. The van der Waals surface area contributed by atoms with Crippen LogP contribution in [0.3, 0.4) is 0 Å². The maximum absolute atomic E-state index is 12.5. The zero-order chi connectivity index (χ0) is 13.5. The van der Waals surface area contributed by atoms with Crippen LogP contribution in [0.25, 0.3) is 0 Å². The molecule has 2 unspecified atom stereocenters. The van der Waals surface area contributed by atoms with Gasteiger partial charge in [0.15, 0.2) is 5.69 Å². The van der Waals surface area contributed by atoms with Crippen molar-refractivity contribution in [3.8, 4) is 0 Å². The molecule has 3 rings (SSSR count). The molecule has 2 bridgehead atoms. The van der Waals surface area contributed by atoms with Crippen molar-refractivity contribution in [1.29, 1.82) is 0 Å². The number of piperidine rings is 1. The van der Waals surface area contributed by atoms with Crippen molar-refractivity contribution in [3.05, 3.63) is 17.5 Å². The minimum absolute atomic E-state index is 0.484. The van der Waals surface area contributed by atoms with E-state index in [1.807, 2.05) is 0 Å². The first-order chi connectivity index (χ1) is 9.00. The maximum atomic E-state index is 12.5. The van der Waals surface area contributed by atoms with E-state index >= 15 is 0 Å². The van der Waals surface area contributed by atoms with Gasteiger partial charge in [-0.05, 0) is 18.9 Å². The third-order valence-corrected chi connectivity index (χ3v) is 3.85. The largest absolute Gasteiger partial charge is 0.435 e. The fourth-order valence-corrected chi connectivity index (χ4v) is 3.05. The molecule has 2 N–H and O–H groups in total. The molecule has 1 aromatic rings. The molecule has 0 radical (unpaired) electrons. The molecule has 3 heterocycles. The molecule has 2 fully saturated rings. The molecule has 2 saturated heterocycles. The summed E-state index contributed by atoms with van der Waals surface area (Å²) in [6.45, 7) is 2.31. The Bertz CT molecular complexity index is 430. The number of hydrogen-bond donors (Lipinski definition) is 2. The van der Waals surface area contributed by atoms with Gasteiger partial charge in [0, 0.05) is 37.4 Å². The summed E-state index contributed by atoms with van der Waals surface area (Å²) in [6, 6.07) is 2.08. The summed E-state index contributed by atoms with van der Waals surface area (Å²) in [7, 11) is 0. The van der Waals surface area contributed by atoms with E-state index in [0.29, 0.717) is 24.3 Å². The molecular formula is C12H17F3N4. The first kappa shape index (κ1) is 12.9. The van der Waals surface area contributed by atoms with Crippen LogP contribution in [0.5, 0.6) is 0 Å². The highest BCUT2D eigenvalue weighted by atomic mass is 19.4. The molecule has 0 spiro atoms. The van der Waals surface area contributed by atoms with Gasteiger partial charge in [0.2, 0.25) is 0 Å². The zero-order valence-electron chi connectivity index (χ0n) is 10.5. The topological polar surface area (TPSA) is 44.0 Å². The summed E-state index contributed by atoms with van der Waals surface area (Å²) < 4.78 is 37.4. The Labute approximate surface area is 109 Å². The van der Waals surface area contributed by atoms with Crippen LogP contribution >= 0.6 is 0 Å². The number of nitrogens with zero attached hydrogens (tertiary/aromatic N) is 2. The van der Waals surface area contributed by atoms with Crippen molar-refractivity contribution in [2.24, 2.45) is 0 Å². The molecule has 1 aromatic heterocycles. The number of halogens is 3. The number of nitrogens with one attached hydrogen (secondary N) is 2. The van der Waals surface area contributed by atoms with E-state index in [1.54, 1.807) is 0 Å². The molecular weight excluding hydrogens is 257 g/mol. The van der Waals surface area contributed by atoms with Crippen molar-refractivity contribution in [2.75, 3.05) is 13.1 Å². The van der Waals surface area contributed by atoms with Gasteiger partial charge in [-0.1, -0.05) is 6.42 Å². The number of piperazine rings is 1. The van der Waals surface area contributed by atoms with Gasteiger partial charge in [0.1, 0.15) is 0 Å². The Kier molecular flexibility index (Phi) is 3.26. The van der Waals surface area contributed by atoms with E-state index < -0.39 is 11.9 Å². The average Bonchev–Trinajstić information content (AvgIpc) is 2.76. The number of H-pyrrole nitrogens is 1. The van der Waals surface area contributed by atoms with Gasteiger partial charge < -0.3 is 5.32 Å². The van der Waals surface area contributed by atoms with E-state index in [9.17, 15) is 13.2 Å². The predicted molar refractivity (Wildman–Crippen MR) is 63.4 cm³/mol. The van der Waals surface area contributed by atoms with E-state index in [-0.39, 0.29) is 0 Å². The predicted octanol–water partition coefficient (Wildman–Crippen LogP) is 1.75. The molecule has 0 saturated carbocycles. The fourth-order valence-electron chi connectivity index (χ4n) is 3.05. The van der Waals surface area contributed by atoms with Crippen molar-refractivity contribution in [3.63, 3.8) is 0 Å². The number of rotatable bonds is 2. The molecule has 0 amide bonds. The van der Waals surface area contributed by atoms with Crippen LogP contribution in [0.2, 0.25) is 0 Å². The molecule has 106 valence electrons. The zero-order valence-corrected chi connectivity index (χ0v) is 10.5. The monoisotopic (exact) mass is 274 g/mol. The van der Waals surface area contributed by atoms with Crippen LogP contribution in [-0.4, -0.2) is 40.3 Å². The van der Waals surface area contributed by atoms with Gasteiger partial charge in [-0.15, -0.1) is 0 Å². The summed E-state index contributed by atoms with van der Waals surface area (Å²) >= 11 is 0. The molecule has 2 aliphatic heterocycles. The molecule has 2 atom stereocenters. The van der Waals surface area contributed by atoms with Crippen LogP contribution in [0, 0.1) is 0 Å². The lowest BCUT2D eigenvalue weighted by atomic mass is 9.94. The SMILES string of the molecule is FC(F)(F)c1cc(CN2CC3CCCC(C2)N3)[nH]n1. The third-order valence-electron chi connectivity index (χ3n) is 3.85. The Hall–Kier alpha value is -1.08. The smallest absolute Gasteiger partial charge is 0.309 e. The highest BCUT2D eigenvalue weighted by Gasteiger charge is 2.34. The minimum atomic E-state index is -4.37. The van der Waals surface area contributed by atoms with Gasteiger partial charge in [-0.3, -0.25) is 10.00 Å². The average molecular weight is 274 g/mol. The summed E-state index contributed by atoms with van der Waals surface area (Å²) in [5.74, 6) is 0. The Morgan fingerprint density at radius 3 is 2.53 bits per heavy atom. The molecule has 7 heteroatoms. The van der Waals surface area contributed by atoms with E-state index in [1.165, 1.54) is 6.42 Å².